The molecule has 1 aliphatic heterocycles. The first-order chi connectivity index (χ1) is 13.6. The highest BCUT2D eigenvalue weighted by Crippen LogP contribution is 2.22. The molecule has 0 unspecified atom stereocenters. The van der Waals surface area contributed by atoms with Crippen molar-refractivity contribution in [3.8, 4) is 0 Å². The second kappa shape index (κ2) is 9.14. The summed E-state index contributed by atoms with van der Waals surface area (Å²) in [5.41, 5.74) is 2.07. The number of benzene rings is 2. The van der Waals surface area contributed by atoms with E-state index in [1.807, 2.05) is 30.3 Å². The number of nitrogens with one attached hydrogen (secondary N) is 2. The first-order valence-corrected chi connectivity index (χ1v) is 9.11. The van der Waals surface area contributed by atoms with Gasteiger partial charge < -0.3 is 15.4 Å². The minimum atomic E-state index is -0.527. The average Bonchev–Trinajstić information content (AvgIpc) is 2.70. The highest BCUT2D eigenvalue weighted by atomic mass is 16.5. The molecule has 28 heavy (non-hydrogen) atoms. The third-order valence-corrected chi connectivity index (χ3v) is 4.67. The maximum absolute atomic E-state index is 12.6. The van der Waals surface area contributed by atoms with Crippen LogP contribution >= 0.6 is 0 Å². The Hall–Kier alpha value is -3.19. The molecule has 3 rings (SSSR count). The third-order valence-electron chi connectivity index (χ3n) is 4.67. The molecule has 2 amide bonds. The SMILES string of the molecule is COC(=O)CNC(=O)c1cccc(NC(=O)[C@H]2CCN2Cc2ccccc2)c1. The summed E-state index contributed by atoms with van der Waals surface area (Å²) in [5, 5.41) is 5.35. The lowest BCUT2D eigenvalue weighted by atomic mass is 10.0. The molecule has 0 radical (unpaired) electrons. The summed E-state index contributed by atoms with van der Waals surface area (Å²) in [7, 11) is 1.26. The van der Waals surface area contributed by atoms with Gasteiger partial charge >= 0.3 is 5.97 Å². The lowest BCUT2D eigenvalue weighted by molar-refractivity contribution is -0.139. The van der Waals surface area contributed by atoms with Crippen LogP contribution in [0, 0.1) is 0 Å². The van der Waals surface area contributed by atoms with Gasteiger partial charge in [0.05, 0.1) is 13.2 Å². The fraction of sp³-hybridized carbons (Fsp3) is 0.286. The maximum atomic E-state index is 12.6. The quantitative estimate of drug-likeness (QED) is 0.714. The fourth-order valence-electron chi connectivity index (χ4n) is 3.04. The number of rotatable bonds is 7. The van der Waals surface area contributed by atoms with Crippen LogP contribution in [0.5, 0.6) is 0 Å². The summed E-state index contributed by atoms with van der Waals surface area (Å²) in [5.74, 6) is -1.02. The Bertz CT molecular complexity index is 854. The van der Waals surface area contributed by atoms with Gasteiger partial charge in [0.25, 0.3) is 5.91 Å². The first-order valence-electron chi connectivity index (χ1n) is 9.11. The smallest absolute Gasteiger partial charge is 0.325 e. The molecule has 7 nitrogen and oxygen atoms in total. The first kappa shape index (κ1) is 19.6. The molecule has 1 saturated heterocycles. The van der Waals surface area contributed by atoms with Crippen LogP contribution in [0.3, 0.4) is 0 Å². The molecule has 2 aromatic carbocycles. The lowest BCUT2D eigenvalue weighted by Crippen LogP contribution is -2.53. The van der Waals surface area contributed by atoms with Crippen LogP contribution < -0.4 is 10.6 Å². The van der Waals surface area contributed by atoms with Gasteiger partial charge in [-0.2, -0.15) is 0 Å². The van der Waals surface area contributed by atoms with Gasteiger partial charge in [0.2, 0.25) is 5.91 Å². The number of hydrogen-bond acceptors (Lipinski definition) is 5. The number of hydrogen-bond donors (Lipinski definition) is 2. The number of ether oxygens (including phenoxy) is 1. The lowest BCUT2D eigenvalue weighted by Gasteiger charge is -2.39. The van der Waals surface area contributed by atoms with Gasteiger partial charge in [-0.1, -0.05) is 36.4 Å². The summed E-state index contributed by atoms with van der Waals surface area (Å²) >= 11 is 0. The molecule has 1 heterocycles. The van der Waals surface area contributed by atoms with Gasteiger partial charge in [0.15, 0.2) is 0 Å². The Morgan fingerprint density at radius 3 is 2.57 bits per heavy atom. The van der Waals surface area contributed by atoms with E-state index in [4.69, 9.17) is 0 Å². The number of methoxy groups -OCH3 is 1. The molecule has 7 heteroatoms. The van der Waals surface area contributed by atoms with Crippen molar-refractivity contribution in [2.75, 3.05) is 25.5 Å². The molecule has 1 aliphatic rings. The predicted molar refractivity (Wildman–Crippen MR) is 105 cm³/mol. The monoisotopic (exact) mass is 381 g/mol. The normalized spacial score (nSPS) is 16.0. The van der Waals surface area contributed by atoms with E-state index >= 15 is 0 Å². The molecule has 0 aliphatic carbocycles. The van der Waals surface area contributed by atoms with Crippen LogP contribution in [-0.2, 0) is 20.9 Å². The van der Waals surface area contributed by atoms with E-state index in [0.717, 1.165) is 19.5 Å². The zero-order valence-electron chi connectivity index (χ0n) is 15.7. The Balaban J connectivity index is 1.57. The van der Waals surface area contributed by atoms with E-state index in [2.05, 4.69) is 20.3 Å². The summed E-state index contributed by atoms with van der Waals surface area (Å²) in [6.07, 6.45) is 0.804. The minimum Gasteiger partial charge on any atom is -0.468 e. The summed E-state index contributed by atoms with van der Waals surface area (Å²) in [6.45, 7) is 1.40. The van der Waals surface area contributed by atoms with E-state index in [1.165, 1.54) is 12.7 Å². The van der Waals surface area contributed by atoms with E-state index in [0.29, 0.717) is 11.3 Å². The van der Waals surface area contributed by atoms with Gasteiger partial charge in [-0.25, -0.2) is 0 Å². The average molecular weight is 381 g/mol. The number of esters is 1. The number of carbonyl (C=O) groups excluding carboxylic acids is 3. The Morgan fingerprint density at radius 1 is 1.11 bits per heavy atom. The zero-order valence-corrected chi connectivity index (χ0v) is 15.7. The predicted octanol–water partition coefficient (Wildman–Crippen LogP) is 1.80. The largest absolute Gasteiger partial charge is 0.468 e. The fourth-order valence-corrected chi connectivity index (χ4v) is 3.04. The number of nitrogens with zero attached hydrogens (tertiary/aromatic N) is 1. The number of carbonyl (C=O) groups is 3. The second-order valence-electron chi connectivity index (χ2n) is 6.59. The van der Waals surface area contributed by atoms with Gasteiger partial charge in [-0.3, -0.25) is 19.3 Å². The van der Waals surface area contributed by atoms with Crippen LogP contribution in [0.2, 0.25) is 0 Å². The zero-order chi connectivity index (χ0) is 19.9. The van der Waals surface area contributed by atoms with Crippen LogP contribution in [-0.4, -0.2) is 48.9 Å². The van der Waals surface area contributed by atoms with Crippen LogP contribution in [0.15, 0.2) is 54.6 Å². The standard InChI is InChI=1S/C21H23N3O4/c1-28-19(25)13-22-20(26)16-8-5-9-17(12-16)23-21(27)18-10-11-24(18)14-15-6-3-2-4-7-15/h2-9,12,18H,10-11,13-14H2,1H3,(H,22,26)(H,23,27)/t18-/m1/s1. The Kier molecular flexibility index (Phi) is 6.39. The maximum Gasteiger partial charge on any atom is 0.325 e. The highest BCUT2D eigenvalue weighted by molar-refractivity contribution is 5.99. The minimum absolute atomic E-state index is 0.0886. The summed E-state index contributed by atoms with van der Waals surface area (Å²) < 4.78 is 4.50. The molecule has 0 aromatic heterocycles. The molecule has 2 N–H and O–H groups in total. The molecular formula is C21H23N3O4. The molecule has 1 fully saturated rings. The summed E-state index contributed by atoms with van der Waals surface area (Å²) in [6, 6.07) is 16.5. The molecule has 0 spiro atoms. The van der Waals surface area contributed by atoms with Crippen LogP contribution in [0.1, 0.15) is 22.3 Å². The molecule has 1 atom stereocenters. The molecule has 2 aromatic rings. The number of amides is 2. The van der Waals surface area contributed by atoms with Crippen LogP contribution in [0.4, 0.5) is 5.69 Å². The highest BCUT2D eigenvalue weighted by Gasteiger charge is 2.33. The third kappa shape index (κ3) is 4.95. The van der Waals surface area contributed by atoms with E-state index in [9.17, 15) is 14.4 Å². The summed E-state index contributed by atoms with van der Waals surface area (Å²) in [4.78, 5) is 38.0. The molecule has 146 valence electrons. The van der Waals surface area contributed by atoms with E-state index < -0.39 is 11.9 Å². The number of likely N-dealkylation sites (tertiary alicyclic amines) is 1. The van der Waals surface area contributed by atoms with Gasteiger partial charge in [0, 0.05) is 24.3 Å². The van der Waals surface area contributed by atoms with Crippen molar-refractivity contribution in [2.24, 2.45) is 0 Å². The van der Waals surface area contributed by atoms with Crippen molar-refractivity contribution in [1.29, 1.82) is 0 Å². The second-order valence-corrected chi connectivity index (χ2v) is 6.59. The van der Waals surface area contributed by atoms with Gasteiger partial charge in [0.1, 0.15) is 6.54 Å². The molecule has 0 bridgehead atoms. The van der Waals surface area contributed by atoms with Crippen molar-refractivity contribution >= 4 is 23.5 Å². The van der Waals surface area contributed by atoms with Crippen molar-refractivity contribution in [2.45, 2.75) is 19.0 Å². The Morgan fingerprint density at radius 2 is 1.89 bits per heavy atom. The van der Waals surface area contributed by atoms with Gasteiger partial charge in [-0.15, -0.1) is 0 Å². The molecule has 0 saturated carbocycles. The Labute approximate surface area is 163 Å². The topological polar surface area (TPSA) is 87.7 Å². The van der Waals surface area contributed by atoms with E-state index in [1.54, 1.807) is 24.3 Å². The van der Waals surface area contributed by atoms with Crippen LogP contribution in [0.25, 0.3) is 0 Å². The van der Waals surface area contributed by atoms with Crippen molar-refractivity contribution in [3.63, 3.8) is 0 Å². The van der Waals surface area contributed by atoms with Gasteiger partial charge in [-0.05, 0) is 30.2 Å². The molecular weight excluding hydrogens is 358 g/mol. The van der Waals surface area contributed by atoms with Crippen molar-refractivity contribution in [3.05, 3.63) is 65.7 Å². The van der Waals surface area contributed by atoms with Crippen molar-refractivity contribution < 1.29 is 19.1 Å². The number of anilines is 1. The van der Waals surface area contributed by atoms with E-state index in [-0.39, 0.29) is 18.5 Å². The van der Waals surface area contributed by atoms with Crippen molar-refractivity contribution in [1.82, 2.24) is 10.2 Å².